The molecule has 1 amide bonds. The van der Waals surface area contributed by atoms with Gasteiger partial charge in [0.1, 0.15) is 0 Å². The van der Waals surface area contributed by atoms with Crippen molar-refractivity contribution in [3.8, 4) is 0 Å². The summed E-state index contributed by atoms with van der Waals surface area (Å²) in [7, 11) is 1.54. The maximum atomic E-state index is 12.5. The Bertz CT molecular complexity index is 759. The van der Waals surface area contributed by atoms with Crippen molar-refractivity contribution in [1.82, 2.24) is 20.1 Å². The van der Waals surface area contributed by atoms with Crippen molar-refractivity contribution < 1.29 is 9.53 Å². The minimum atomic E-state index is -0.534. The lowest BCUT2D eigenvalue weighted by atomic mass is 10.3. The smallest absolute Gasteiger partial charge is 0.286 e. The van der Waals surface area contributed by atoms with E-state index in [1.807, 2.05) is 35.2 Å². The van der Waals surface area contributed by atoms with E-state index < -0.39 is 11.5 Å². The number of nitrogens with one attached hydrogen (secondary N) is 1. The molecule has 0 spiro atoms. The predicted octanol–water partition coefficient (Wildman–Crippen LogP) is 0.166. The highest BCUT2D eigenvalue weighted by atomic mass is 16.5. The Morgan fingerprint density at radius 3 is 2.78 bits per heavy atom. The number of methoxy groups -OCH3 is 1. The molecule has 1 aliphatic heterocycles. The van der Waals surface area contributed by atoms with Crippen molar-refractivity contribution in [2.45, 2.75) is 6.54 Å². The molecule has 120 valence electrons. The standard InChI is InChI=1S/C15H17N5O3/c1-23-10-7-16-13(21)12-14(22)20-9-8-19(15(20)18-17-12)11-5-3-2-4-6-11/h2-6H,7-10H2,1H3,(H,16,21). The Morgan fingerprint density at radius 1 is 1.26 bits per heavy atom. The molecule has 0 aliphatic carbocycles. The van der Waals surface area contributed by atoms with Gasteiger partial charge in [0, 0.05) is 32.4 Å². The van der Waals surface area contributed by atoms with Crippen LogP contribution < -0.4 is 15.8 Å². The van der Waals surface area contributed by atoms with Crippen molar-refractivity contribution in [1.29, 1.82) is 0 Å². The molecule has 0 radical (unpaired) electrons. The zero-order valence-corrected chi connectivity index (χ0v) is 12.7. The minimum absolute atomic E-state index is 0.195. The number of hydrogen-bond acceptors (Lipinski definition) is 6. The van der Waals surface area contributed by atoms with E-state index in [0.29, 0.717) is 32.2 Å². The first-order valence-corrected chi connectivity index (χ1v) is 7.29. The normalized spacial score (nSPS) is 13.0. The number of anilines is 2. The van der Waals surface area contributed by atoms with Crippen molar-refractivity contribution in [3.05, 3.63) is 46.4 Å². The van der Waals surface area contributed by atoms with Crippen molar-refractivity contribution in [3.63, 3.8) is 0 Å². The zero-order valence-electron chi connectivity index (χ0n) is 12.7. The summed E-state index contributed by atoms with van der Waals surface area (Å²) in [6.07, 6.45) is 0. The van der Waals surface area contributed by atoms with Gasteiger partial charge in [0.15, 0.2) is 0 Å². The average molecular weight is 315 g/mol. The fraction of sp³-hybridized carbons (Fsp3) is 0.333. The van der Waals surface area contributed by atoms with Gasteiger partial charge in [-0.2, -0.15) is 0 Å². The van der Waals surface area contributed by atoms with Crippen LogP contribution in [0.4, 0.5) is 11.6 Å². The fourth-order valence-electron chi connectivity index (χ4n) is 2.46. The van der Waals surface area contributed by atoms with Gasteiger partial charge in [-0.05, 0) is 12.1 Å². The van der Waals surface area contributed by atoms with Crippen LogP contribution in [-0.4, -0.2) is 47.5 Å². The number of carbonyl (C=O) groups is 1. The molecule has 0 unspecified atom stereocenters. The van der Waals surface area contributed by atoms with Crippen LogP contribution in [0.15, 0.2) is 35.1 Å². The first-order chi connectivity index (χ1) is 11.2. The molecule has 23 heavy (non-hydrogen) atoms. The fourth-order valence-corrected chi connectivity index (χ4v) is 2.46. The zero-order chi connectivity index (χ0) is 16.2. The molecule has 0 fully saturated rings. The number of para-hydroxylation sites is 1. The number of carbonyl (C=O) groups excluding carboxylic acids is 1. The number of rotatable bonds is 5. The Morgan fingerprint density at radius 2 is 2.04 bits per heavy atom. The van der Waals surface area contributed by atoms with Crippen molar-refractivity contribution >= 4 is 17.5 Å². The number of aromatic nitrogens is 3. The summed E-state index contributed by atoms with van der Waals surface area (Å²) in [6.45, 7) is 1.77. The van der Waals surface area contributed by atoms with Gasteiger partial charge in [-0.25, -0.2) is 0 Å². The summed E-state index contributed by atoms with van der Waals surface area (Å²) in [5, 5.41) is 10.5. The second-order valence-corrected chi connectivity index (χ2v) is 5.04. The number of hydrogen-bond donors (Lipinski definition) is 1. The number of amides is 1. The quantitative estimate of drug-likeness (QED) is 0.791. The summed E-state index contributed by atoms with van der Waals surface area (Å²) in [5.41, 5.74) is 0.313. The van der Waals surface area contributed by atoms with Crippen LogP contribution in [0.1, 0.15) is 10.5 Å². The third-order valence-electron chi connectivity index (χ3n) is 3.59. The second-order valence-electron chi connectivity index (χ2n) is 5.04. The molecule has 1 aromatic heterocycles. The second kappa shape index (κ2) is 6.57. The van der Waals surface area contributed by atoms with Gasteiger partial charge in [-0.15, -0.1) is 10.2 Å². The Kier molecular flexibility index (Phi) is 4.33. The number of benzene rings is 1. The first kappa shape index (κ1) is 15.2. The molecule has 8 heteroatoms. The number of nitrogens with zero attached hydrogens (tertiary/aromatic N) is 4. The van der Waals surface area contributed by atoms with Crippen LogP contribution in [0.5, 0.6) is 0 Å². The summed E-state index contributed by atoms with van der Waals surface area (Å²) in [4.78, 5) is 26.4. The molecular weight excluding hydrogens is 298 g/mol. The van der Waals surface area contributed by atoms with Crippen LogP contribution in [0.3, 0.4) is 0 Å². The van der Waals surface area contributed by atoms with Crippen LogP contribution >= 0.6 is 0 Å². The lowest BCUT2D eigenvalue weighted by Gasteiger charge is -2.16. The molecule has 3 rings (SSSR count). The van der Waals surface area contributed by atoms with E-state index in [9.17, 15) is 9.59 Å². The van der Waals surface area contributed by atoms with E-state index in [-0.39, 0.29) is 5.69 Å². The minimum Gasteiger partial charge on any atom is -0.383 e. The highest BCUT2D eigenvalue weighted by Gasteiger charge is 2.26. The molecule has 0 atom stereocenters. The molecule has 0 saturated heterocycles. The maximum Gasteiger partial charge on any atom is 0.286 e. The molecule has 1 N–H and O–H groups in total. The summed E-state index contributed by atoms with van der Waals surface area (Å²) in [6, 6.07) is 9.63. The van der Waals surface area contributed by atoms with Crippen molar-refractivity contribution in [2.75, 3.05) is 31.7 Å². The molecule has 1 aromatic carbocycles. The van der Waals surface area contributed by atoms with Gasteiger partial charge in [0.25, 0.3) is 11.5 Å². The summed E-state index contributed by atoms with van der Waals surface area (Å²) < 4.78 is 6.33. The van der Waals surface area contributed by atoms with E-state index in [0.717, 1.165) is 5.69 Å². The first-order valence-electron chi connectivity index (χ1n) is 7.29. The molecule has 2 heterocycles. The molecular formula is C15H17N5O3. The molecule has 0 bridgehead atoms. The van der Waals surface area contributed by atoms with E-state index >= 15 is 0 Å². The van der Waals surface area contributed by atoms with Crippen LogP contribution in [0.2, 0.25) is 0 Å². The van der Waals surface area contributed by atoms with Crippen LogP contribution in [-0.2, 0) is 11.3 Å². The van der Waals surface area contributed by atoms with E-state index in [2.05, 4.69) is 15.5 Å². The van der Waals surface area contributed by atoms with Gasteiger partial charge in [0.05, 0.1) is 6.61 Å². The highest BCUT2D eigenvalue weighted by molar-refractivity contribution is 5.91. The van der Waals surface area contributed by atoms with Crippen molar-refractivity contribution in [2.24, 2.45) is 0 Å². The topological polar surface area (TPSA) is 89.3 Å². The largest absolute Gasteiger partial charge is 0.383 e. The van der Waals surface area contributed by atoms with Gasteiger partial charge in [-0.3, -0.25) is 14.2 Å². The van der Waals surface area contributed by atoms with E-state index in [1.165, 1.54) is 11.7 Å². The molecule has 0 saturated carbocycles. The lowest BCUT2D eigenvalue weighted by molar-refractivity contribution is 0.0928. The average Bonchev–Trinajstić information content (AvgIpc) is 3.01. The lowest BCUT2D eigenvalue weighted by Crippen LogP contribution is -2.36. The van der Waals surface area contributed by atoms with Gasteiger partial charge in [0.2, 0.25) is 11.6 Å². The van der Waals surface area contributed by atoms with Gasteiger partial charge < -0.3 is 15.0 Å². The Balaban J connectivity index is 1.87. The summed E-state index contributed by atoms with van der Waals surface area (Å²) >= 11 is 0. The predicted molar refractivity (Wildman–Crippen MR) is 83.9 cm³/mol. The Hall–Kier alpha value is -2.74. The third kappa shape index (κ3) is 2.93. The number of ether oxygens (including phenoxy) is 1. The SMILES string of the molecule is COCCNC(=O)c1nnc2n(c1=O)CCN2c1ccccc1. The highest BCUT2D eigenvalue weighted by Crippen LogP contribution is 2.25. The monoisotopic (exact) mass is 315 g/mol. The maximum absolute atomic E-state index is 12.5. The molecule has 2 aromatic rings. The molecule has 8 nitrogen and oxygen atoms in total. The van der Waals surface area contributed by atoms with Gasteiger partial charge in [-0.1, -0.05) is 18.2 Å². The van der Waals surface area contributed by atoms with Gasteiger partial charge >= 0.3 is 0 Å². The molecule has 1 aliphatic rings. The van der Waals surface area contributed by atoms with E-state index in [4.69, 9.17) is 4.74 Å². The third-order valence-corrected chi connectivity index (χ3v) is 3.59. The summed E-state index contributed by atoms with van der Waals surface area (Å²) in [5.74, 6) is -0.0809. The van der Waals surface area contributed by atoms with Crippen LogP contribution in [0, 0.1) is 0 Å². The Labute approximate surface area is 132 Å². The van der Waals surface area contributed by atoms with Crippen LogP contribution in [0.25, 0.3) is 0 Å². The number of fused-ring (bicyclic) bond motifs is 1. The van der Waals surface area contributed by atoms with E-state index in [1.54, 1.807) is 0 Å².